The van der Waals surface area contributed by atoms with Crippen molar-refractivity contribution in [3.8, 4) is 0 Å². The van der Waals surface area contributed by atoms with Gasteiger partial charge < -0.3 is 5.32 Å². The van der Waals surface area contributed by atoms with Gasteiger partial charge >= 0.3 is 0 Å². The minimum Gasteiger partial charge on any atom is -0.352 e. The van der Waals surface area contributed by atoms with E-state index < -0.39 is 0 Å². The maximum Gasteiger partial charge on any atom is 0.225 e. The third kappa shape index (κ3) is 3.65. The minimum absolute atomic E-state index is 0.0691. The van der Waals surface area contributed by atoms with Gasteiger partial charge in [0.25, 0.3) is 0 Å². The lowest BCUT2D eigenvalue weighted by atomic mass is 9.95. The molecule has 1 heterocycles. The molecule has 88 valence electrons. The molecule has 1 aromatic rings. The number of amides is 1. The molecule has 1 amide bonds. The van der Waals surface area contributed by atoms with E-state index in [1.54, 1.807) is 0 Å². The lowest BCUT2D eigenvalue weighted by Crippen LogP contribution is -2.34. The average Bonchev–Trinajstić information content (AvgIpc) is 2.11. The summed E-state index contributed by atoms with van der Waals surface area (Å²) in [5.41, 5.74) is 2.74. The van der Waals surface area contributed by atoms with E-state index in [-0.39, 0.29) is 11.3 Å². The van der Waals surface area contributed by atoms with Crippen molar-refractivity contribution in [1.82, 2.24) is 10.3 Å². The zero-order valence-corrected chi connectivity index (χ0v) is 10.7. The Morgan fingerprint density at radius 1 is 1.25 bits per heavy atom. The van der Waals surface area contributed by atoms with Crippen LogP contribution in [0.2, 0.25) is 0 Å². The molecular weight excluding hydrogens is 200 g/mol. The maximum atomic E-state index is 11.7. The normalized spacial score (nSPS) is 11.3. The number of hydrogen-bond donors (Lipinski definition) is 1. The van der Waals surface area contributed by atoms with Crippen molar-refractivity contribution in [2.75, 3.05) is 0 Å². The first-order valence-electron chi connectivity index (χ1n) is 5.51. The quantitative estimate of drug-likeness (QED) is 0.831. The number of pyridine rings is 1. The Morgan fingerprint density at radius 2 is 1.75 bits per heavy atom. The van der Waals surface area contributed by atoms with Gasteiger partial charge in [-0.05, 0) is 31.5 Å². The number of aromatic nitrogens is 1. The fourth-order valence-electron chi connectivity index (χ4n) is 1.47. The third-order valence-electron chi connectivity index (χ3n) is 2.28. The number of nitrogens with zero attached hydrogens (tertiary/aromatic N) is 1. The lowest BCUT2D eigenvalue weighted by Gasteiger charge is -2.17. The first-order chi connectivity index (χ1) is 7.29. The predicted octanol–water partition coefficient (Wildman–Crippen LogP) is 2.36. The molecule has 0 aliphatic carbocycles. The highest BCUT2D eigenvalue weighted by Gasteiger charge is 2.20. The van der Waals surface area contributed by atoms with Crippen molar-refractivity contribution in [1.29, 1.82) is 0 Å². The second kappa shape index (κ2) is 4.64. The molecule has 0 saturated heterocycles. The Hall–Kier alpha value is -1.38. The van der Waals surface area contributed by atoms with E-state index in [0.29, 0.717) is 6.54 Å². The Balaban J connectivity index is 2.65. The maximum absolute atomic E-state index is 11.7. The van der Waals surface area contributed by atoms with Crippen LogP contribution in [0, 0.1) is 19.3 Å². The van der Waals surface area contributed by atoms with Crippen LogP contribution in [0.15, 0.2) is 12.1 Å². The summed E-state index contributed by atoms with van der Waals surface area (Å²) in [6.45, 7) is 10.2. The van der Waals surface area contributed by atoms with Crippen molar-refractivity contribution >= 4 is 5.91 Å². The molecule has 0 unspecified atom stereocenters. The Labute approximate surface area is 97.3 Å². The summed E-state index contributed by atoms with van der Waals surface area (Å²) in [6, 6.07) is 3.99. The van der Waals surface area contributed by atoms with E-state index in [1.165, 1.54) is 0 Å². The molecule has 0 aromatic carbocycles. The van der Waals surface area contributed by atoms with Crippen molar-refractivity contribution < 1.29 is 4.79 Å². The number of rotatable bonds is 2. The summed E-state index contributed by atoms with van der Waals surface area (Å²) < 4.78 is 0. The summed E-state index contributed by atoms with van der Waals surface area (Å²) in [6.07, 6.45) is 0. The molecule has 16 heavy (non-hydrogen) atoms. The molecule has 0 spiro atoms. The van der Waals surface area contributed by atoms with E-state index >= 15 is 0 Å². The van der Waals surface area contributed by atoms with Crippen LogP contribution in [0.3, 0.4) is 0 Å². The monoisotopic (exact) mass is 220 g/mol. The molecule has 3 nitrogen and oxygen atoms in total. The van der Waals surface area contributed by atoms with Gasteiger partial charge in [0, 0.05) is 23.3 Å². The SMILES string of the molecule is Cc1cc(CNC(=O)C(C)(C)C)cc(C)n1. The first kappa shape index (κ1) is 12.7. The number of nitrogens with one attached hydrogen (secondary N) is 1. The van der Waals surface area contributed by atoms with E-state index in [0.717, 1.165) is 17.0 Å². The highest BCUT2D eigenvalue weighted by Crippen LogP contribution is 2.13. The summed E-state index contributed by atoms with van der Waals surface area (Å²) in [7, 11) is 0. The van der Waals surface area contributed by atoms with Gasteiger partial charge in [-0.3, -0.25) is 9.78 Å². The van der Waals surface area contributed by atoms with Gasteiger partial charge in [-0.1, -0.05) is 20.8 Å². The standard InChI is InChI=1S/C13H20N2O/c1-9-6-11(7-10(2)15-9)8-14-12(16)13(3,4)5/h6-7H,8H2,1-5H3,(H,14,16). The lowest BCUT2D eigenvalue weighted by molar-refractivity contribution is -0.128. The van der Waals surface area contributed by atoms with E-state index in [2.05, 4.69) is 10.3 Å². The largest absolute Gasteiger partial charge is 0.352 e. The zero-order chi connectivity index (χ0) is 12.3. The molecule has 0 bridgehead atoms. The van der Waals surface area contributed by atoms with Gasteiger partial charge in [-0.25, -0.2) is 0 Å². The summed E-state index contributed by atoms with van der Waals surface area (Å²) >= 11 is 0. The smallest absolute Gasteiger partial charge is 0.225 e. The van der Waals surface area contributed by atoms with Crippen molar-refractivity contribution in [2.45, 2.75) is 41.2 Å². The van der Waals surface area contributed by atoms with Crippen LogP contribution < -0.4 is 5.32 Å². The molecular formula is C13H20N2O. The highest BCUT2D eigenvalue weighted by atomic mass is 16.2. The summed E-state index contributed by atoms with van der Waals surface area (Å²) in [5, 5.41) is 2.93. The summed E-state index contributed by atoms with van der Waals surface area (Å²) in [5.74, 6) is 0.0691. The van der Waals surface area contributed by atoms with Crippen LogP contribution in [0.5, 0.6) is 0 Å². The second-order valence-electron chi connectivity index (χ2n) is 5.19. The molecule has 0 atom stereocenters. The van der Waals surface area contributed by atoms with Crippen LogP contribution in [0.4, 0.5) is 0 Å². The van der Waals surface area contributed by atoms with Gasteiger partial charge in [0.2, 0.25) is 5.91 Å². The number of hydrogen-bond acceptors (Lipinski definition) is 2. The topological polar surface area (TPSA) is 42.0 Å². The molecule has 0 aliphatic rings. The van der Waals surface area contributed by atoms with Crippen molar-refractivity contribution in [3.05, 3.63) is 29.1 Å². The fraction of sp³-hybridized carbons (Fsp3) is 0.538. The van der Waals surface area contributed by atoms with E-state index in [1.807, 2.05) is 46.8 Å². The molecule has 0 fully saturated rings. The highest BCUT2D eigenvalue weighted by molar-refractivity contribution is 5.81. The molecule has 3 heteroatoms. The molecule has 1 aromatic heterocycles. The fourth-order valence-corrected chi connectivity index (χ4v) is 1.47. The molecule has 1 rings (SSSR count). The molecule has 0 radical (unpaired) electrons. The van der Waals surface area contributed by atoms with Gasteiger partial charge in [0.05, 0.1) is 0 Å². The van der Waals surface area contributed by atoms with Crippen molar-refractivity contribution in [3.63, 3.8) is 0 Å². The van der Waals surface area contributed by atoms with Gasteiger partial charge in [-0.2, -0.15) is 0 Å². The number of carbonyl (C=O) groups is 1. The van der Waals surface area contributed by atoms with Gasteiger partial charge in [-0.15, -0.1) is 0 Å². The minimum atomic E-state index is -0.336. The zero-order valence-electron chi connectivity index (χ0n) is 10.7. The Kier molecular flexibility index (Phi) is 3.68. The molecule has 0 aliphatic heterocycles. The van der Waals surface area contributed by atoms with Crippen LogP contribution in [-0.2, 0) is 11.3 Å². The average molecular weight is 220 g/mol. The Morgan fingerprint density at radius 3 is 2.19 bits per heavy atom. The van der Waals surface area contributed by atoms with Crippen LogP contribution in [-0.4, -0.2) is 10.9 Å². The number of aryl methyl sites for hydroxylation is 2. The van der Waals surface area contributed by atoms with E-state index in [9.17, 15) is 4.79 Å². The van der Waals surface area contributed by atoms with Crippen LogP contribution in [0.25, 0.3) is 0 Å². The number of carbonyl (C=O) groups excluding carboxylic acids is 1. The first-order valence-corrected chi connectivity index (χ1v) is 5.51. The van der Waals surface area contributed by atoms with Crippen molar-refractivity contribution in [2.24, 2.45) is 5.41 Å². The van der Waals surface area contributed by atoms with Crippen LogP contribution >= 0.6 is 0 Å². The third-order valence-corrected chi connectivity index (χ3v) is 2.28. The second-order valence-corrected chi connectivity index (χ2v) is 5.19. The van der Waals surface area contributed by atoms with E-state index in [4.69, 9.17) is 0 Å². The summed E-state index contributed by atoms with van der Waals surface area (Å²) in [4.78, 5) is 16.0. The Bertz CT molecular complexity index is 371. The van der Waals surface area contributed by atoms with Gasteiger partial charge in [0.1, 0.15) is 0 Å². The molecule has 1 N–H and O–H groups in total. The van der Waals surface area contributed by atoms with Gasteiger partial charge in [0.15, 0.2) is 0 Å². The molecule has 0 saturated carbocycles. The predicted molar refractivity (Wildman–Crippen MR) is 65.0 cm³/mol. The van der Waals surface area contributed by atoms with Crippen LogP contribution in [0.1, 0.15) is 37.7 Å².